The van der Waals surface area contributed by atoms with E-state index < -0.39 is 11.8 Å². The van der Waals surface area contributed by atoms with E-state index in [1.54, 1.807) is 25.3 Å². The first kappa shape index (κ1) is 17.8. The summed E-state index contributed by atoms with van der Waals surface area (Å²) < 4.78 is 5.11. The summed E-state index contributed by atoms with van der Waals surface area (Å²) in [5.74, 6) is -0.602. The van der Waals surface area contributed by atoms with Crippen LogP contribution in [-0.2, 0) is 22.6 Å². The van der Waals surface area contributed by atoms with Gasteiger partial charge < -0.3 is 15.4 Å². The average Bonchev–Trinajstić information content (AvgIpc) is 2.61. The van der Waals surface area contributed by atoms with Crippen molar-refractivity contribution in [3.8, 4) is 5.75 Å². The van der Waals surface area contributed by atoms with Gasteiger partial charge in [-0.15, -0.1) is 0 Å². The highest BCUT2D eigenvalue weighted by Crippen LogP contribution is 2.12. The average molecular weight is 347 g/mol. The molecule has 0 heterocycles. The van der Waals surface area contributed by atoms with E-state index in [2.05, 4.69) is 10.6 Å². The molecule has 6 heteroatoms. The van der Waals surface area contributed by atoms with E-state index in [1.807, 2.05) is 30.3 Å². The van der Waals surface area contributed by atoms with Gasteiger partial charge in [-0.2, -0.15) is 0 Å². The molecule has 2 amide bonds. The van der Waals surface area contributed by atoms with E-state index in [-0.39, 0.29) is 6.54 Å². The second kappa shape index (κ2) is 8.93. The topological polar surface area (TPSA) is 67.4 Å². The number of hydrogen-bond acceptors (Lipinski definition) is 3. The highest BCUT2D eigenvalue weighted by atomic mass is 35.5. The van der Waals surface area contributed by atoms with Gasteiger partial charge in [0.2, 0.25) is 0 Å². The molecule has 0 aromatic heterocycles. The van der Waals surface area contributed by atoms with Crippen molar-refractivity contribution in [1.29, 1.82) is 0 Å². The summed E-state index contributed by atoms with van der Waals surface area (Å²) in [5, 5.41) is 5.84. The van der Waals surface area contributed by atoms with Crippen molar-refractivity contribution in [1.82, 2.24) is 10.6 Å². The summed E-state index contributed by atoms with van der Waals surface area (Å²) in [6.07, 6.45) is 0.631. The molecule has 0 unspecified atom stereocenters. The summed E-state index contributed by atoms with van der Waals surface area (Å²) in [4.78, 5) is 23.5. The van der Waals surface area contributed by atoms with E-state index in [1.165, 1.54) is 0 Å². The first-order chi connectivity index (χ1) is 11.6. The number of rotatable bonds is 6. The predicted octanol–water partition coefficient (Wildman–Crippen LogP) is 2.32. The van der Waals surface area contributed by atoms with Gasteiger partial charge >= 0.3 is 11.8 Å². The minimum atomic E-state index is -0.658. The Morgan fingerprint density at radius 3 is 2.42 bits per heavy atom. The lowest BCUT2D eigenvalue weighted by atomic mass is 10.1. The van der Waals surface area contributed by atoms with Crippen molar-refractivity contribution < 1.29 is 14.3 Å². The van der Waals surface area contributed by atoms with Gasteiger partial charge in [0, 0.05) is 18.1 Å². The van der Waals surface area contributed by atoms with Crippen LogP contribution in [0.4, 0.5) is 0 Å². The predicted molar refractivity (Wildman–Crippen MR) is 93.0 cm³/mol. The molecule has 0 bridgehead atoms. The molecule has 0 fully saturated rings. The number of carbonyl (C=O) groups excluding carboxylic acids is 2. The Balaban J connectivity index is 1.73. The normalized spacial score (nSPS) is 10.1. The number of benzene rings is 2. The number of methoxy groups -OCH3 is 1. The second-order valence-corrected chi connectivity index (χ2v) is 5.60. The summed E-state index contributed by atoms with van der Waals surface area (Å²) in [5.41, 5.74) is 1.90. The van der Waals surface area contributed by atoms with Crippen LogP contribution in [0.2, 0.25) is 5.02 Å². The standard InChI is InChI=1S/C18H19ClN2O3/c1-24-16-4-2-3-14(11-16)12-21-18(23)17(22)20-10-9-13-5-7-15(19)8-6-13/h2-8,11H,9-10,12H2,1H3,(H,20,22)(H,21,23). The molecule has 2 aromatic carbocycles. The molecular weight excluding hydrogens is 328 g/mol. The molecule has 0 aliphatic rings. The number of nitrogens with one attached hydrogen (secondary N) is 2. The van der Waals surface area contributed by atoms with Crippen LogP contribution in [0.3, 0.4) is 0 Å². The van der Waals surface area contributed by atoms with Crippen molar-refractivity contribution in [3.05, 3.63) is 64.7 Å². The van der Waals surface area contributed by atoms with Crippen LogP contribution in [0.25, 0.3) is 0 Å². The van der Waals surface area contributed by atoms with Crippen molar-refractivity contribution in [3.63, 3.8) is 0 Å². The van der Waals surface area contributed by atoms with Gasteiger partial charge in [0.1, 0.15) is 5.75 Å². The number of ether oxygens (including phenoxy) is 1. The van der Waals surface area contributed by atoms with Crippen LogP contribution in [0.5, 0.6) is 5.75 Å². The Morgan fingerprint density at radius 2 is 1.71 bits per heavy atom. The van der Waals surface area contributed by atoms with E-state index in [4.69, 9.17) is 16.3 Å². The van der Waals surface area contributed by atoms with Gasteiger partial charge in [-0.1, -0.05) is 35.9 Å². The Bertz CT molecular complexity index is 702. The molecule has 2 N–H and O–H groups in total. The van der Waals surface area contributed by atoms with Crippen molar-refractivity contribution in [2.45, 2.75) is 13.0 Å². The first-order valence-electron chi connectivity index (χ1n) is 7.52. The van der Waals surface area contributed by atoms with Crippen LogP contribution in [0.15, 0.2) is 48.5 Å². The molecule has 0 aliphatic heterocycles. The highest BCUT2D eigenvalue weighted by molar-refractivity contribution is 6.35. The first-order valence-corrected chi connectivity index (χ1v) is 7.89. The van der Waals surface area contributed by atoms with Crippen LogP contribution in [0.1, 0.15) is 11.1 Å². The van der Waals surface area contributed by atoms with Crippen LogP contribution < -0.4 is 15.4 Å². The van der Waals surface area contributed by atoms with Crippen molar-refractivity contribution in [2.75, 3.05) is 13.7 Å². The minimum absolute atomic E-state index is 0.265. The summed E-state index contributed by atoms with van der Waals surface area (Å²) in [6, 6.07) is 14.6. The van der Waals surface area contributed by atoms with Gasteiger partial charge in [0.05, 0.1) is 7.11 Å². The smallest absolute Gasteiger partial charge is 0.309 e. The van der Waals surface area contributed by atoms with Crippen molar-refractivity contribution in [2.24, 2.45) is 0 Å². The molecule has 0 radical (unpaired) electrons. The molecule has 0 atom stereocenters. The third-order valence-electron chi connectivity index (χ3n) is 3.41. The largest absolute Gasteiger partial charge is 0.497 e. The fourth-order valence-corrected chi connectivity index (χ4v) is 2.22. The van der Waals surface area contributed by atoms with Gasteiger partial charge in [0.25, 0.3) is 0 Å². The van der Waals surface area contributed by atoms with E-state index in [0.29, 0.717) is 23.7 Å². The molecule has 2 aromatic rings. The van der Waals surface area contributed by atoms with Gasteiger partial charge in [0.15, 0.2) is 0 Å². The third-order valence-corrected chi connectivity index (χ3v) is 3.66. The number of amides is 2. The lowest BCUT2D eigenvalue weighted by molar-refractivity contribution is -0.139. The lowest BCUT2D eigenvalue weighted by Gasteiger charge is -2.08. The zero-order valence-electron chi connectivity index (χ0n) is 13.3. The quantitative estimate of drug-likeness (QED) is 0.789. The zero-order valence-corrected chi connectivity index (χ0v) is 14.1. The maximum atomic E-state index is 11.8. The molecule has 5 nitrogen and oxygen atoms in total. The minimum Gasteiger partial charge on any atom is -0.497 e. The summed E-state index contributed by atoms with van der Waals surface area (Å²) in [7, 11) is 1.58. The van der Waals surface area contributed by atoms with E-state index in [9.17, 15) is 9.59 Å². The Hall–Kier alpha value is -2.53. The third kappa shape index (κ3) is 5.59. The Kier molecular flexibility index (Phi) is 6.63. The summed E-state index contributed by atoms with van der Waals surface area (Å²) in [6.45, 7) is 0.647. The SMILES string of the molecule is COc1cccc(CNC(=O)C(=O)NCCc2ccc(Cl)cc2)c1. The molecule has 24 heavy (non-hydrogen) atoms. The number of carbonyl (C=O) groups is 2. The van der Waals surface area contributed by atoms with Gasteiger partial charge in [-0.25, -0.2) is 0 Å². The fourth-order valence-electron chi connectivity index (χ4n) is 2.10. The van der Waals surface area contributed by atoms with E-state index in [0.717, 1.165) is 11.1 Å². The maximum Gasteiger partial charge on any atom is 0.309 e. The van der Waals surface area contributed by atoms with Gasteiger partial charge in [-0.05, 0) is 41.8 Å². The van der Waals surface area contributed by atoms with Crippen molar-refractivity contribution >= 4 is 23.4 Å². The Labute approximate surface area is 146 Å². The van der Waals surface area contributed by atoms with Gasteiger partial charge in [-0.3, -0.25) is 9.59 Å². The number of halogens is 1. The van der Waals surface area contributed by atoms with E-state index >= 15 is 0 Å². The molecule has 0 saturated heterocycles. The number of hydrogen-bond donors (Lipinski definition) is 2. The molecule has 0 spiro atoms. The fraction of sp³-hybridized carbons (Fsp3) is 0.222. The lowest BCUT2D eigenvalue weighted by Crippen LogP contribution is -2.40. The summed E-state index contributed by atoms with van der Waals surface area (Å²) >= 11 is 5.81. The Morgan fingerprint density at radius 1 is 1.00 bits per heavy atom. The zero-order chi connectivity index (χ0) is 17.4. The maximum absolute atomic E-state index is 11.8. The molecular formula is C18H19ClN2O3. The monoisotopic (exact) mass is 346 g/mol. The molecule has 0 saturated carbocycles. The molecule has 126 valence electrons. The highest BCUT2D eigenvalue weighted by Gasteiger charge is 2.12. The van der Waals surface area contributed by atoms with Crippen LogP contribution in [-0.4, -0.2) is 25.5 Å². The van der Waals surface area contributed by atoms with Crippen LogP contribution in [0, 0.1) is 0 Å². The van der Waals surface area contributed by atoms with Crippen LogP contribution >= 0.6 is 11.6 Å². The second-order valence-electron chi connectivity index (χ2n) is 5.17. The molecule has 2 rings (SSSR count). The molecule has 0 aliphatic carbocycles.